The zero-order valence-electron chi connectivity index (χ0n) is 9.70. The van der Waals surface area contributed by atoms with Gasteiger partial charge in [-0.3, -0.25) is 0 Å². The molecule has 0 saturated heterocycles. The van der Waals surface area contributed by atoms with Gasteiger partial charge in [0, 0.05) is 11.6 Å². The summed E-state index contributed by atoms with van der Waals surface area (Å²) < 4.78 is 13.6. The van der Waals surface area contributed by atoms with Gasteiger partial charge in [-0.25, -0.2) is 4.39 Å². The molecule has 0 amide bonds. The van der Waals surface area contributed by atoms with E-state index in [1.807, 2.05) is 7.05 Å². The predicted molar refractivity (Wildman–Crippen MR) is 62.6 cm³/mol. The van der Waals surface area contributed by atoms with Crippen LogP contribution in [0, 0.1) is 12.7 Å². The van der Waals surface area contributed by atoms with Gasteiger partial charge in [0.1, 0.15) is 5.82 Å². The average molecular weight is 226 g/mol. The van der Waals surface area contributed by atoms with Crippen molar-refractivity contribution in [2.45, 2.75) is 25.5 Å². The van der Waals surface area contributed by atoms with E-state index in [9.17, 15) is 9.50 Å². The topological polar surface area (TPSA) is 58.3 Å². The molecule has 0 saturated carbocycles. The van der Waals surface area contributed by atoms with Crippen molar-refractivity contribution in [3.63, 3.8) is 0 Å². The molecule has 0 aliphatic rings. The summed E-state index contributed by atoms with van der Waals surface area (Å²) in [5.74, 6) is -0.396. The molecule has 0 fully saturated rings. The smallest absolute Gasteiger partial charge is 0.129 e. The first-order chi connectivity index (χ1) is 7.56. The Bertz CT molecular complexity index is 344. The molecule has 0 spiro atoms. The minimum Gasteiger partial charge on any atom is -0.387 e. The van der Waals surface area contributed by atoms with E-state index in [1.54, 1.807) is 19.1 Å². The minimum atomic E-state index is -0.950. The van der Waals surface area contributed by atoms with Crippen molar-refractivity contribution in [1.82, 2.24) is 5.32 Å². The Morgan fingerprint density at radius 3 is 2.75 bits per heavy atom. The number of aliphatic hydroxyl groups excluding tert-OH is 1. The van der Waals surface area contributed by atoms with Gasteiger partial charge in [0.25, 0.3) is 0 Å². The third kappa shape index (κ3) is 3.27. The molecular weight excluding hydrogens is 207 g/mol. The lowest BCUT2D eigenvalue weighted by atomic mass is 9.99. The van der Waals surface area contributed by atoms with Gasteiger partial charge in [-0.2, -0.15) is 0 Å². The standard InChI is InChI=1S/C12H19FN2O/c1-8-3-4-9(10(13)7-8)12(16)11(14)5-6-15-2/h3-4,7,11-12,15-16H,5-6,14H2,1-2H3. The Kier molecular flexibility index (Phi) is 4.86. The average Bonchev–Trinajstić information content (AvgIpc) is 2.25. The second kappa shape index (κ2) is 5.94. The quantitative estimate of drug-likeness (QED) is 0.704. The fourth-order valence-corrected chi connectivity index (χ4v) is 1.57. The highest BCUT2D eigenvalue weighted by atomic mass is 19.1. The summed E-state index contributed by atoms with van der Waals surface area (Å²) in [7, 11) is 1.81. The summed E-state index contributed by atoms with van der Waals surface area (Å²) in [5, 5.41) is 12.8. The van der Waals surface area contributed by atoms with Gasteiger partial charge in [0.15, 0.2) is 0 Å². The van der Waals surface area contributed by atoms with Gasteiger partial charge in [0.05, 0.1) is 6.10 Å². The fraction of sp³-hybridized carbons (Fsp3) is 0.500. The molecule has 90 valence electrons. The van der Waals surface area contributed by atoms with Crippen molar-refractivity contribution in [3.05, 3.63) is 35.1 Å². The van der Waals surface area contributed by atoms with Gasteiger partial charge in [0.2, 0.25) is 0 Å². The first-order valence-corrected chi connectivity index (χ1v) is 5.40. The van der Waals surface area contributed by atoms with E-state index in [-0.39, 0.29) is 5.56 Å². The SMILES string of the molecule is CNCCC(N)C(O)c1ccc(C)cc1F. The summed E-state index contributed by atoms with van der Waals surface area (Å²) in [5.41, 5.74) is 6.89. The Morgan fingerprint density at radius 1 is 1.50 bits per heavy atom. The molecule has 4 heteroatoms. The number of nitrogens with one attached hydrogen (secondary N) is 1. The normalized spacial score (nSPS) is 14.8. The van der Waals surface area contributed by atoms with Crippen molar-refractivity contribution in [2.24, 2.45) is 5.73 Å². The lowest BCUT2D eigenvalue weighted by molar-refractivity contribution is 0.138. The maximum absolute atomic E-state index is 13.6. The van der Waals surface area contributed by atoms with Crippen molar-refractivity contribution in [1.29, 1.82) is 0 Å². The molecular formula is C12H19FN2O. The number of halogens is 1. The predicted octanol–water partition coefficient (Wildman–Crippen LogP) is 1.10. The maximum atomic E-state index is 13.6. The number of aliphatic hydroxyl groups is 1. The highest BCUT2D eigenvalue weighted by Crippen LogP contribution is 2.21. The van der Waals surface area contributed by atoms with Gasteiger partial charge >= 0.3 is 0 Å². The number of nitrogens with two attached hydrogens (primary N) is 1. The number of rotatable bonds is 5. The van der Waals surface area contributed by atoms with E-state index in [4.69, 9.17) is 5.73 Å². The second-order valence-corrected chi connectivity index (χ2v) is 4.03. The van der Waals surface area contributed by atoms with Crippen molar-refractivity contribution < 1.29 is 9.50 Å². The van der Waals surface area contributed by atoms with Crippen LogP contribution in [-0.4, -0.2) is 24.7 Å². The molecule has 4 N–H and O–H groups in total. The molecule has 0 radical (unpaired) electrons. The summed E-state index contributed by atoms with van der Waals surface area (Å²) in [6, 6.07) is 4.31. The minimum absolute atomic E-state index is 0.272. The van der Waals surface area contributed by atoms with Crippen LogP contribution < -0.4 is 11.1 Å². The van der Waals surface area contributed by atoms with Crippen LogP contribution >= 0.6 is 0 Å². The Balaban J connectivity index is 2.75. The van der Waals surface area contributed by atoms with Crippen LogP contribution in [0.3, 0.4) is 0 Å². The van der Waals surface area contributed by atoms with Crippen LogP contribution in [0.15, 0.2) is 18.2 Å². The maximum Gasteiger partial charge on any atom is 0.129 e. The zero-order chi connectivity index (χ0) is 12.1. The molecule has 0 aliphatic heterocycles. The third-order valence-electron chi connectivity index (χ3n) is 2.61. The molecule has 2 atom stereocenters. The Labute approximate surface area is 95.5 Å². The molecule has 16 heavy (non-hydrogen) atoms. The van der Waals surface area contributed by atoms with E-state index in [1.165, 1.54) is 6.07 Å². The van der Waals surface area contributed by atoms with Crippen LogP contribution in [0.5, 0.6) is 0 Å². The number of hydrogen-bond donors (Lipinski definition) is 3. The van der Waals surface area contributed by atoms with Crippen molar-refractivity contribution in [2.75, 3.05) is 13.6 Å². The molecule has 0 aliphatic carbocycles. The molecule has 1 aromatic rings. The summed E-state index contributed by atoms with van der Waals surface area (Å²) in [6.07, 6.45) is -0.348. The Hall–Kier alpha value is -0.970. The van der Waals surface area contributed by atoms with Gasteiger partial charge in [-0.15, -0.1) is 0 Å². The molecule has 0 aromatic heterocycles. The fourth-order valence-electron chi connectivity index (χ4n) is 1.57. The zero-order valence-corrected chi connectivity index (χ0v) is 9.70. The van der Waals surface area contributed by atoms with Crippen molar-refractivity contribution in [3.8, 4) is 0 Å². The third-order valence-corrected chi connectivity index (χ3v) is 2.61. The lowest BCUT2D eigenvalue weighted by Crippen LogP contribution is -2.32. The van der Waals surface area contributed by atoms with E-state index >= 15 is 0 Å². The van der Waals surface area contributed by atoms with E-state index in [0.717, 1.165) is 5.56 Å². The molecule has 2 unspecified atom stereocenters. The second-order valence-electron chi connectivity index (χ2n) is 4.03. The van der Waals surface area contributed by atoms with E-state index in [2.05, 4.69) is 5.32 Å². The lowest BCUT2D eigenvalue weighted by Gasteiger charge is -2.19. The number of hydrogen-bond acceptors (Lipinski definition) is 3. The highest BCUT2D eigenvalue weighted by Gasteiger charge is 2.19. The molecule has 3 nitrogen and oxygen atoms in total. The van der Waals surface area contributed by atoms with Crippen LogP contribution in [0.4, 0.5) is 4.39 Å². The van der Waals surface area contributed by atoms with Crippen LogP contribution in [-0.2, 0) is 0 Å². The molecule has 1 rings (SSSR count). The van der Waals surface area contributed by atoms with Crippen LogP contribution in [0.1, 0.15) is 23.7 Å². The van der Waals surface area contributed by atoms with Gasteiger partial charge in [-0.1, -0.05) is 12.1 Å². The number of benzene rings is 1. The van der Waals surface area contributed by atoms with E-state index < -0.39 is 18.0 Å². The van der Waals surface area contributed by atoms with Crippen LogP contribution in [0.2, 0.25) is 0 Å². The van der Waals surface area contributed by atoms with Gasteiger partial charge < -0.3 is 16.2 Å². The molecule has 0 bridgehead atoms. The van der Waals surface area contributed by atoms with Gasteiger partial charge in [-0.05, 0) is 38.6 Å². The summed E-state index contributed by atoms with van der Waals surface area (Å²) in [4.78, 5) is 0. The Morgan fingerprint density at radius 2 is 2.19 bits per heavy atom. The first-order valence-electron chi connectivity index (χ1n) is 5.40. The van der Waals surface area contributed by atoms with E-state index in [0.29, 0.717) is 13.0 Å². The largest absolute Gasteiger partial charge is 0.387 e. The van der Waals surface area contributed by atoms with Crippen molar-refractivity contribution >= 4 is 0 Å². The molecule has 0 heterocycles. The van der Waals surface area contributed by atoms with Crippen LogP contribution in [0.25, 0.3) is 0 Å². The number of aryl methyl sites for hydroxylation is 1. The first kappa shape index (κ1) is 13.1. The molecule has 1 aromatic carbocycles. The highest BCUT2D eigenvalue weighted by molar-refractivity contribution is 5.26. The summed E-state index contributed by atoms with van der Waals surface area (Å²) >= 11 is 0. The summed E-state index contributed by atoms with van der Waals surface area (Å²) in [6.45, 7) is 2.51. The monoisotopic (exact) mass is 226 g/mol.